The van der Waals surface area contributed by atoms with Gasteiger partial charge in [0.05, 0.1) is 11.1 Å². The van der Waals surface area contributed by atoms with E-state index in [1.807, 2.05) is 37.3 Å². The van der Waals surface area contributed by atoms with Crippen LogP contribution in [0.4, 0.5) is 5.69 Å². The van der Waals surface area contributed by atoms with Crippen LogP contribution in [-0.4, -0.2) is 0 Å². The fourth-order valence-corrected chi connectivity index (χ4v) is 2.00. The highest BCUT2D eigenvalue weighted by Crippen LogP contribution is 2.19. The average molecular weight is 282 g/mol. The minimum Gasteiger partial charge on any atom is -0.381 e. The number of halogens is 1. The van der Waals surface area contributed by atoms with E-state index < -0.39 is 0 Å². The number of hydrogen-bond donors (Lipinski definition) is 1. The van der Waals surface area contributed by atoms with Crippen LogP contribution in [0.15, 0.2) is 36.4 Å². The van der Waals surface area contributed by atoms with Gasteiger partial charge in [-0.3, -0.25) is 0 Å². The summed E-state index contributed by atoms with van der Waals surface area (Å²) >= 11 is 6.08. The molecule has 0 atom stereocenters. The van der Waals surface area contributed by atoms with Crippen LogP contribution in [0.5, 0.6) is 0 Å². The van der Waals surface area contributed by atoms with Crippen molar-refractivity contribution < 1.29 is 0 Å². The first-order valence-corrected chi connectivity index (χ1v) is 6.45. The summed E-state index contributed by atoms with van der Waals surface area (Å²) in [4.78, 5) is 0. The zero-order chi connectivity index (χ0) is 14.5. The van der Waals surface area contributed by atoms with Gasteiger partial charge in [-0.25, -0.2) is 0 Å². The molecule has 98 valence electrons. The average Bonchev–Trinajstić information content (AvgIpc) is 2.48. The van der Waals surface area contributed by atoms with E-state index in [1.165, 1.54) is 0 Å². The Labute approximate surface area is 123 Å². The van der Waals surface area contributed by atoms with Crippen molar-refractivity contribution in [3.05, 3.63) is 63.7 Å². The van der Waals surface area contributed by atoms with Gasteiger partial charge in [-0.05, 0) is 42.3 Å². The van der Waals surface area contributed by atoms with Crippen molar-refractivity contribution in [2.45, 2.75) is 13.5 Å². The van der Waals surface area contributed by atoms with E-state index in [2.05, 4.69) is 5.32 Å². The molecule has 0 aliphatic rings. The molecule has 0 saturated carbocycles. The molecule has 0 saturated heterocycles. The first-order valence-electron chi connectivity index (χ1n) is 6.07. The first kappa shape index (κ1) is 13.9. The van der Waals surface area contributed by atoms with Gasteiger partial charge in [-0.2, -0.15) is 10.5 Å². The maximum atomic E-state index is 8.98. The number of benzene rings is 2. The van der Waals surface area contributed by atoms with E-state index in [0.29, 0.717) is 17.7 Å². The zero-order valence-electron chi connectivity index (χ0n) is 10.9. The van der Waals surface area contributed by atoms with Gasteiger partial charge < -0.3 is 5.32 Å². The van der Waals surface area contributed by atoms with Crippen molar-refractivity contribution in [1.82, 2.24) is 0 Å². The van der Waals surface area contributed by atoms with Gasteiger partial charge in [-0.15, -0.1) is 0 Å². The molecule has 2 rings (SSSR count). The molecule has 0 fully saturated rings. The number of nitriles is 2. The minimum absolute atomic E-state index is 0.374. The van der Waals surface area contributed by atoms with Crippen LogP contribution in [0, 0.1) is 29.6 Å². The van der Waals surface area contributed by atoms with Crippen LogP contribution < -0.4 is 5.32 Å². The Hall–Kier alpha value is -2.49. The van der Waals surface area contributed by atoms with Gasteiger partial charge in [0.25, 0.3) is 0 Å². The Morgan fingerprint density at radius 2 is 1.80 bits per heavy atom. The third-order valence-corrected chi connectivity index (χ3v) is 3.40. The molecule has 0 spiro atoms. The summed E-state index contributed by atoms with van der Waals surface area (Å²) in [7, 11) is 0. The number of nitrogens with zero attached hydrogens (tertiary/aromatic N) is 2. The van der Waals surface area contributed by atoms with E-state index in [1.54, 1.807) is 18.2 Å². The summed E-state index contributed by atoms with van der Waals surface area (Å²) in [5, 5.41) is 21.8. The zero-order valence-corrected chi connectivity index (χ0v) is 11.7. The number of anilines is 1. The largest absolute Gasteiger partial charge is 0.381 e. The highest BCUT2D eigenvalue weighted by molar-refractivity contribution is 6.31. The van der Waals surface area contributed by atoms with E-state index in [4.69, 9.17) is 22.1 Å². The highest BCUT2D eigenvalue weighted by Gasteiger charge is 2.03. The van der Waals surface area contributed by atoms with Gasteiger partial charge in [0.15, 0.2) is 0 Å². The molecule has 0 aromatic heterocycles. The van der Waals surface area contributed by atoms with E-state index in [9.17, 15) is 0 Å². The predicted octanol–water partition coefficient (Wildman–Crippen LogP) is 4.00. The maximum Gasteiger partial charge on any atom is 0.101 e. The molecule has 4 heteroatoms. The van der Waals surface area contributed by atoms with Gasteiger partial charge in [0, 0.05) is 17.3 Å². The fraction of sp³-hybridized carbons (Fsp3) is 0.125. The molecule has 0 bridgehead atoms. The third-order valence-electron chi connectivity index (χ3n) is 2.99. The van der Waals surface area contributed by atoms with Crippen molar-refractivity contribution >= 4 is 17.3 Å². The second-order valence-corrected chi connectivity index (χ2v) is 4.83. The molecule has 0 aliphatic carbocycles. The highest BCUT2D eigenvalue weighted by atomic mass is 35.5. The van der Waals surface area contributed by atoms with Gasteiger partial charge >= 0.3 is 0 Å². The first-order chi connectivity index (χ1) is 9.63. The predicted molar refractivity (Wildman–Crippen MR) is 79.4 cm³/mol. The van der Waals surface area contributed by atoms with Crippen molar-refractivity contribution in [3.63, 3.8) is 0 Å². The van der Waals surface area contributed by atoms with Crippen LogP contribution in [0.1, 0.15) is 22.3 Å². The number of nitrogens with one attached hydrogen (secondary N) is 1. The smallest absolute Gasteiger partial charge is 0.101 e. The molecule has 0 amide bonds. The summed E-state index contributed by atoms with van der Waals surface area (Å²) in [5.74, 6) is 0. The lowest BCUT2D eigenvalue weighted by Gasteiger charge is -2.08. The van der Waals surface area contributed by atoms with Crippen LogP contribution in [0.25, 0.3) is 0 Å². The molecule has 2 aromatic carbocycles. The molecule has 20 heavy (non-hydrogen) atoms. The number of rotatable bonds is 3. The Balaban J connectivity index is 2.13. The van der Waals surface area contributed by atoms with Crippen molar-refractivity contribution in [2.75, 3.05) is 5.32 Å². The molecular formula is C16H12ClN3. The minimum atomic E-state index is 0.374. The standard InChI is InChI=1S/C16H12ClN3/c1-11-2-3-12(6-16(11)17)10-20-15-5-4-13(8-18)14(7-15)9-19/h2-7,20H,10H2,1H3. The maximum absolute atomic E-state index is 8.98. The van der Waals surface area contributed by atoms with Gasteiger partial charge in [0.2, 0.25) is 0 Å². The summed E-state index contributed by atoms with van der Waals surface area (Å²) in [6.45, 7) is 2.57. The normalized spacial score (nSPS) is 9.60. The molecule has 0 aliphatic heterocycles. The fourth-order valence-electron chi connectivity index (χ4n) is 1.79. The molecule has 0 radical (unpaired) electrons. The monoisotopic (exact) mass is 281 g/mol. The van der Waals surface area contributed by atoms with Crippen LogP contribution in [-0.2, 0) is 6.54 Å². The number of hydrogen-bond acceptors (Lipinski definition) is 3. The second kappa shape index (κ2) is 6.10. The SMILES string of the molecule is Cc1ccc(CNc2ccc(C#N)c(C#N)c2)cc1Cl. The molecule has 0 heterocycles. The van der Waals surface area contributed by atoms with Crippen molar-refractivity contribution in [3.8, 4) is 12.1 Å². The van der Waals surface area contributed by atoms with Gasteiger partial charge in [-0.1, -0.05) is 23.7 Å². The molecule has 0 unspecified atom stereocenters. The Kier molecular flexibility index (Phi) is 4.25. The topological polar surface area (TPSA) is 59.6 Å². The van der Waals surface area contributed by atoms with E-state index >= 15 is 0 Å². The van der Waals surface area contributed by atoms with Crippen LogP contribution in [0.3, 0.4) is 0 Å². The molecule has 3 nitrogen and oxygen atoms in total. The Morgan fingerprint density at radius 3 is 2.45 bits per heavy atom. The second-order valence-electron chi connectivity index (χ2n) is 4.42. The van der Waals surface area contributed by atoms with Crippen molar-refractivity contribution in [1.29, 1.82) is 10.5 Å². The third kappa shape index (κ3) is 3.09. The van der Waals surface area contributed by atoms with Gasteiger partial charge in [0.1, 0.15) is 12.1 Å². The molecule has 2 aromatic rings. The molecular weight excluding hydrogens is 270 g/mol. The molecule has 1 N–H and O–H groups in total. The summed E-state index contributed by atoms with van der Waals surface area (Å²) in [6.07, 6.45) is 0. The summed E-state index contributed by atoms with van der Waals surface area (Å²) < 4.78 is 0. The van der Waals surface area contributed by atoms with E-state index in [-0.39, 0.29) is 0 Å². The summed E-state index contributed by atoms with van der Waals surface area (Å²) in [6, 6.07) is 15.0. The number of aryl methyl sites for hydroxylation is 1. The lowest BCUT2D eigenvalue weighted by Crippen LogP contribution is -2.00. The van der Waals surface area contributed by atoms with Crippen LogP contribution in [0.2, 0.25) is 5.02 Å². The lowest BCUT2D eigenvalue weighted by atomic mass is 10.1. The van der Waals surface area contributed by atoms with Crippen LogP contribution >= 0.6 is 11.6 Å². The Morgan fingerprint density at radius 1 is 1.05 bits per heavy atom. The van der Waals surface area contributed by atoms with Crippen molar-refractivity contribution in [2.24, 2.45) is 0 Å². The van der Waals surface area contributed by atoms with E-state index in [0.717, 1.165) is 21.8 Å². The summed E-state index contributed by atoms with van der Waals surface area (Å²) in [5.41, 5.74) is 3.66. The quantitative estimate of drug-likeness (QED) is 0.925. The lowest BCUT2D eigenvalue weighted by molar-refractivity contribution is 1.14. The Bertz CT molecular complexity index is 723.